The third-order valence-corrected chi connectivity index (χ3v) is 2.76. The fourth-order valence-electron chi connectivity index (χ4n) is 1.63. The summed E-state index contributed by atoms with van der Waals surface area (Å²) >= 11 is 0. The van der Waals surface area contributed by atoms with E-state index in [0.29, 0.717) is 31.1 Å². The molecule has 3 nitrogen and oxygen atoms in total. The van der Waals surface area contributed by atoms with Crippen LogP contribution in [-0.4, -0.2) is 25.0 Å². The van der Waals surface area contributed by atoms with Crippen molar-refractivity contribution in [1.29, 1.82) is 0 Å². The third kappa shape index (κ3) is 4.15. The number of carbonyl (C=O) groups excluding carboxylic acids is 1. The summed E-state index contributed by atoms with van der Waals surface area (Å²) in [4.78, 5) is 11.3. The molecule has 17 heavy (non-hydrogen) atoms. The van der Waals surface area contributed by atoms with E-state index >= 15 is 0 Å². The van der Waals surface area contributed by atoms with E-state index in [4.69, 9.17) is 0 Å². The smallest absolute Gasteiger partial charge is 0.234 e. The summed E-state index contributed by atoms with van der Waals surface area (Å²) in [6.07, 6.45) is 2.80. The second kappa shape index (κ2) is 5.77. The van der Waals surface area contributed by atoms with E-state index < -0.39 is 0 Å². The minimum absolute atomic E-state index is 0.0287. The number of rotatable bonds is 6. The Labute approximate surface area is 100 Å². The van der Waals surface area contributed by atoms with Gasteiger partial charge in [0.1, 0.15) is 5.82 Å². The number of hydrogen-bond donors (Lipinski definition) is 2. The predicted molar refractivity (Wildman–Crippen MR) is 64.1 cm³/mol. The van der Waals surface area contributed by atoms with Crippen LogP contribution in [0.2, 0.25) is 0 Å². The van der Waals surface area contributed by atoms with Crippen molar-refractivity contribution in [2.75, 3.05) is 13.1 Å². The van der Waals surface area contributed by atoms with Gasteiger partial charge in [-0.15, -0.1) is 0 Å². The average Bonchev–Trinajstić information content (AvgIpc) is 3.10. The Morgan fingerprint density at radius 2 is 2.12 bits per heavy atom. The molecule has 0 atom stereocenters. The Balaban J connectivity index is 1.62. The van der Waals surface area contributed by atoms with Gasteiger partial charge in [0.05, 0.1) is 6.54 Å². The zero-order valence-electron chi connectivity index (χ0n) is 9.71. The molecule has 2 N–H and O–H groups in total. The summed E-state index contributed by atoms with van der Waals surface area (Å²) in [5, 5.41) is 5.90. The van der Waals surface area contributed by atoms with Crippen LogP contribution in [0, 0.1) is 5.82 Å². The maximum absolute atomic E-state index is 13.2. The second-order valence-corrected chi connectivity index (χ2v) is 4.36. The van der Waals surface area contributed by atoms with Crippen molar-refractivity contribution in [3.63, 3.8) is 0 Å². The lowest BCUT2D eigenvalue weighted by molar-refractivity contribution is -0.120. The van der Waals surface area contributed by atoms with Crippen molar-refractivity contribution in [1.82, 2.24) is 10.6 Å². The molecule has 1 aromatic carbocycles. The second-order valence-electron chi connectivity index (χ2n) is 4.36. The molecule has 0 aliphatic heterocycles. The van der Waals surface area contributed by atoms with Gasteiger partial charge in [0, 0.05) is 6.04 Å². The SMILES string of the molecule is O=C(CNCCc1ccccc1F)NC1CC1. The summed E-state index contributed by atoms with van der Waals surface area (Å²) in [5.74, 6) is -0.155. The molecule has 0 radical (unpaired) electrons. The molecule has 4 heteroatoms. The molecule has 92 valence electrons. The van der Waals surface area contributed by atoms with Crippen molar-refractivity contribution in [2.24, 2.45) is 0 Å². The predicted octanol–water partition coefficient (Wildman–Crippen LogP) is 1.24. The van der Waals surface area contributed by atoms with Crippen LogP contribution < -0.4 is 10.6 Å². The van der Waals surface area contributed by atoms with E-state index in [2.05, 4.69) is 10.6 Å². The first-order chi connectivity index (χ1) is 8.25. The number of benzene rings is 1. The Kier molecular flexibility index (Phi) is 4.09. The summed E-state index contributed by atoms with van der Waals surface area (Å²) in [6, 6.07) is 7.11. The van der Waals surface area contributed by atoms with Crippen LogP contribution in [0.25, 0.3) is 0 Å². The van der Waals surface area contributed by atoms with E-state index in [1.165, 1.54) is 6.07 Å². The minimum atomic E-state index is -0.184. The van der Waals surface area contributed by atoms with Crippen LogP contribution >= 0.6 is 0 Å². The molecule has 1 aliphatic carbocycles. The Morgan fingerprint density at radius 1 is 1.35 bits per heavy atom. The zero-order chi connectivity index (χ0) is 12.1. The van der Waals surface area contributed by atoms with Gasteiger partial charge in [0.2, 0.25) is 5.91 Å². The highest BCUT2D eigenvalue weighted by molar-refractivity contribution is 5.78. The number of hydrogen-bond acceptors (Lipinski definition) is 2. The van der Waals surface area contributed by atoms with Crippen LogP contribution in [0.3, 0.4) is 0 Å². The molecule has 0 aromatic heterocycles. The van der Waals surface area contributed by atoms with Crippen molar-refractivity contribution < 1.29 is 9.18 Å². The molecule has 1 amide bonds. The lowest BCUT2D eigenvalue weighted by Gasteiger charge is -2.06. The van der Waals surface area contributed by atoms with E-state index in [0.717, 1.165) is 12.8 Å². The highest BCUT2D eigenvalue weighted by atomic mass is 19.1. The zero-order valence-corrected chi connectivity index (χ0v) is 9.71. The quantitative estimate of drug-likeness (QED) is 0.730. The standard InChI is InChI=1S/C13H17FN2O/c14-12-4-2-1-3-10(12)7-8-15-9-13(17)16-11-5-6-11/h1-4,11,15H,5-9H2,(H,16,17). The van der Waals surface area contributed by atoms with E-state index in [1.807, 2.05) is 6.07 Å². The summed E-state index contributed by atoms with van der Waals surface area (Å²) in [6.45, 7) is 0.921. The highest BCUT2D eigenvalue weighted by Gasteiger charge is 2.22. The summed E-state index contributed by atoms with van der Waals surface area (Å²) < 4.78 is 13.2. The molecule has 1 fully saturated rings. The third-order valence-electron chi connectivity index (χ3n) is 2.76. The Bertz CT molecular complexity index is 391. The average molecular weight is 236 g/mol. The summed E-state index contributed by atoms with van der Waals surface area (Å²) in [5.41, 5.74) is 0.683. The van der Waals surface area contributed by atoms with Crippen molar-refractivity contribution >= 4 is 5.91 Å². The molecule has 0 saturated heterocycles. The van der Waals surface area contributed by atoms with Gasteiger partial charge in [-0.3, -0.25) is 4.79 Å². The Hall–Kier alpha value is -1.42. The molecule has 1 saturated carbocycles. The first kappa shape index (κ1) is 12.0. The molecule has 2 rings (SSSR count). The highest BCUT2D eigenvalue weighted by Crippen LogP contribution is 2.18. The van der Waals surface area contributed by atoms with Gasteiger partial charge in [0.25, 0.3) is 0 Å². The molecule has 0 spiro atoms. The Morgan fingerprint density at radius 3 is 2.82 bits per heavy atom. The van der Waals surface area contributed by atoms with Crippen LogP contribution in [-0.2, 0) is 11.2 Å². The van der Waals surface area contributed by atoms with E-state index in [9.17, 15) is 9.18 Å². The molecular weight excluding hydrogens is 219 g/mol. The van der Waals surface area contributed by atoms with Crippen LogP contribution in [0.4, 0.5) is 4.39 Å². The van der Waals surface area contributed by atoms with Gasteiger partial charge < -0.3 is 10.6 Å². The van der Waals surface area contributed by atoms with Gasteiger partial charge >= 0.3 is 0 Å². The van der Waals surface area contributed by atoms with Crippen molar-refractivity contribution in [2.45, 2.75) is 25.3 Å². The lowest BCUT2D eigenvalue weighted by Crippen LogP contribution is -2.35. The molecule has 0 bridgehead atoms. The number of carbonyl (C=O) groups is 1. The number of nitrogens with one attached hydrogen (secondary N) is 2. The fourth-order valence-corrected chi connectivity index (χ4v) is 1.63. The van der Waals surface area contributed by atoms with Gasteiger partial charge in [-0.05, 0) is 37.4 Å². The molecule has 0 unspecified atom stereocenters. The topological polar surface area (TPSA) is 41.1 Å². The molecule has 0 heterocycles. The maximum atomic E-state index is 13.2. The maximum Gasteiger partial charge on any atom is 0.234 e. The minimum Gasteiger partial charge on any atom is -0.352 e. The lowest BCUT2D eigenvalue weighted by atomic mass is 10.1. The largest absolute Gasteiger partial charge is 0.352 e. The van der Waals surface area contributed by atoms with Crippen LogP contribution in [0.1, 0.15) is 18.4 Å². The molecular formula is C13H17FN2O. The van der Waals surface area contributed by atoms with E-state index in [-0.39, 0.29) is 11.7 Å². The number of amides is 1. The van der Waals surface area contributed by atoms with Gasteiger partial charge in [0.15, 0.2) is 0 Å². The van der Waals surface area contributed by atoms with Gasteiger partial charge in [-0.1, -0.05) is 18.2 Å². The monoisotopic (exact) mass is 236 g/mol. The first-order valence-corrected chi connectivity index (χ1v) is 5.99. The normalized spacial score (nSPS) is 14.6. The first-order valence-electron chi connectivity index (χ1n) is 5.99. The van der Waals surface area contributed by atoms with Crippen molar-refractivity contribution in [3.05, 3.63) is 35.6 Å². The fraction of sp³-hybridized carbons (Fsp3) is 0.462. The van der Waals surface area contributed by atoms with Crippen LogP contribution in [0.15, 0.2) is 24.3 Å². The van der Waals surface area contributed by atoms with Gasteiger partial charge in [-0.2, -0.15) is 0 Å². The number of halogens is 1. The van der Waals surface area contributed by atoms with Crippen molar-refractivity contribution in [3.8, 4) is 0 Å². The van der Waals surface area contributed by atoms with Crippen LogP contribution in [0.5, 0.6) is 0 Å². The molecule has 1 aliphatic rings. The van der Waals surface area contributed by atoms with Gasteiger partial charge in [-0.25, -0.2) is 4.39 Å². The summed E-state index contributed by atoms with van der Waals surface area (Å²) in [7, 11) is 0. The van der Waals surface area contributed by atoms with E-state index in [1.54, 1.807) is 12.1 Å². The molecule has 1 aromatic rings.